The fraction of sp³-hybridized carbons (Fsp3) is 0.857. The Bertz CT molecular complexity index is 234. The number of carboxylic acid groups (broad SMARTS) is 1. The molecule has 0 amide bonds. The highest BCUT2D eigenvalue weighted by molar-refractivity contribution is 5.71. The molecule has 3 nitrogen and oxygen atoms in total. The minimum atomic E-state index is -4.24. The van der Waals surface area contributed by atoms with Crippen LogP contribution in [0.25, 0.3) is 0 Å². The third-order valence-corrected chi connectivity index (χ3v) is 2.32. The van der Waals surface area contributed by atoms with Crippen LogP contribution in [-0.2, 0) is 4.79 Å². The van der Waals surface area contributed by atoms with Crippen molar-refractivity contribution in [3.8, 4) is 0 Å². The highest BCUT2D eigenvalue weighted by Crippen LogP contribution is 2.37. The van der Waals surface area contributed by atoms with E-state index in [2.05, 4.69) is 5.32 Å². The van der Waals surface area contributed by atoms with Crippen LogP contribution in [0.15, 0.2) is 0 Å². The highest BCUT2D eigenvalue weighted by Gasteiger charge is 2.55. The number of halogens is 4. The first-order valence-electron chi connectivity index (χ1n) is 3.97. The molecule has 2 atom stereocenters. The molecule has 0 bridgehead atoms. The third kappa shape index (κ3) is 1.82. The number of aliphatic carboxylic acids is 1. The van der Waals surface area contributed by atoms with Gasteiger partial charge in [0.05, 0.1) is 11.8 Å². The van der Waals surface area contributed by atoms with E-state index in [0.717, 1.165) is 0 Å². The fourth-order valence-corrected chi connectivity index (χ4v) is 1.50. The maximum absolute atomic E-state index is 12.8. The summed E-state index contributed by atoms with van der Waals surface area (Å²) in [5.41, 5.74) is 0. The van der Waals surface area contributed by atoms with E-state index in [9.17, 15) is 22.4 Å². The molecule has 1 rings (SSSR count). The summed E-state index contributed by atoms with van der Waals surface area (Å²) in [6.07, 6.45) is -3.82. The molecule has 1 aliphatic rings. The Balaban J connectivity index is 2.81. The predicted octanol–water partition coefficient (Wildman–Crippen LogP) is 0.807. The second-order valence-electron chi connectivity index (χ2n) is 3.18. The molecule has 0 aromatic rings. The smallest absolute Gasteiger partial charge is 0.312 e. The summed E-state index contributed by atoms with van der Waals surface area (Å²) in [4.78, 5) is 10.5. The summed E-state index contributed by atoms with van der Waals surface area (Å²) in [5, 5.41) is 10.9. The Morgan fingerprint density at radius 1 is 1.43 bits per heavy atom. The molecule has 82 valence electrons. The van der Waals surface area contributed by atoms with Gasteiger partial charge in [-0.25, -0.2) is 8.78 Å². The van der Waals surface area contributed by atoms with Crippen molar-refractivity contribution >= 4 is 5.97 Å². The Kier molecular flexibility index (Phi) is 2.98. The molecule has 1 aliphatic heterocycles. The first-order valence-corrected chi connectivity index (χ1v) is 3.97. The molecule has 0 spiro atoms. The average Bonchev–Trinajstić information content (AvgIpc) is 2.51. The molecule has 14 heavy (non-hydrogen) atoms. The van der Waals surface area contributed by atoms with Gasteiger partial charge in [-0.05, 0) is 0 Å². The van der Waals surface area contributed by atoms with Crippen molar-refractivity contribution in [1.82, 2.24) is 5.32 Å². The number of rotatable bonds is 3. The SMILES string of the molecule is O=C(O)C1CNCC1C(F)(F)C(F)F. The topological polar surface area (TPSA) is 49.3 Å². The van der Waals surface area contributed by atoms with Gasteiger partial charge in [-0.3, -0.25) is 4.79 Å². The Labute approximate surface area is 77.1 Å². The van der Waals surface area contributed by atoms with Gasteiger partial charge >= 0.3 is 18.3 Å². The van der Waals surface area contributed by atoms with Gasteiger partial charge in [0.15, 0.2) is 0 Å². The van der Waals surface area contributed by atoms with Gasteiger partial charge in [-0.2, -0.15) is 8.78 Å². The molecule has 1 fully saturated rings. The van der Waals surface area contributed by atoms with Crippen LogP contribution in [0.3, 0.4) is 0 Å². The number of alkyl halides is 4. The summed E-state index contributed by atoms with van der Waals surface area (Å²) < 4.78 is 49.5. The minimum Gasteiger partial charge on any atom is -0.481 e. The van der Waals surface area contributed by atoms with Crippen LogP contribution < -0.4 is 5.32 Å². The second-order valence-corrected chi connectivity index (χ2v) is 3.18. The molecule has 1 heterocycles. The third-order valence-electron chi connectivity index (χ3n) is 2.32. The molecule has 0 saturated carbocycles. The van der Waals surface area contributed by atoms with Crippen molar-refractivity contribution in [2.24, 2.45) is 11.8 Å². The van der Waals surface area contributed by atoms with E-state index in [0.29, 0.717) is 0 Å². The van der Waals surface area contributed by atoms with E-state index in [1.807, 2.05) is 0 Å². The first-order chi connectivity index (χ1) is 6.37. The Morgan fingerprint density at radius 2 is 2.00 bits per heavy atom. The van der Waals surface area contributed by atoms with Crippen LogP contribution in [0.2, 0.25) is 0 Å². The van der Waals surface area contributed by atoms with Crippen molar-refractivity contribution in [2.75, 3.05) is 13.1 Å². The van der Waals surface area contributed by atoms with Crippen molar-refractivity contribution in [1.29, 1.82) is 0 Å². The lowest BCUT2D eigenvalue weighted by Crippen LogP contribution is -2.42. The van der Waals surface area contributed by atoms with Crippen molar-refractivity contribution in [3.05, 3.63) is 0 Å². The average molecular weight is 215 g/mol. The normalized spacial score (nSPS) is 28.4. The lowest BCUT2D eigenvalue weighted by atomic mass is 9.90. The minimum absolute atomic E-state index is 0.192. The monoisotopic (exact) mass is 215 g/mol. The summed E-state index contributed by atoms with van der Waals surface area (Å²) in [5.74, 6) is -8.99. The van der Waals surface area contributed by atoms with Gasteiger partial charge in [0.1, 0.15) is 0 Å². The lowest BCUT2D eigenvalue weighted by molar-refractivity contribution is -0.178. The zero-order chi connectivity index (χ0) is 10.9. The summed E-state index contributed by atoms with van der Waals surface area (Å²) in [7, 11) is 0. The predicted molar refractivity (Wildman–Crippen MR) is 38.4 cm³/mol. The molecule has 0 aromatic carbocycles. The summed E-state index contributed by atoms with van der Waals surface area (Å²) >= 11 is 0. The van der Waals surface area contributed by atoms with Crippen LogP contribution in [-0.4, -0.2) is 36.5 Å². The van der Waals surface area contributed by atoms with Crippen molar-refractivity contribution in [2.45, 2.75) is 12.3 Å². The van der Waals surface area contributed by atoms with E-state index in [1.165, 1.54) is 0 Å². The molecule has 7 heteroatoms. The first kappa shape index (κ1) is 11.2. The molecule has 0 aliphatic carbocycles. The van der Waals surface area contributed by atoms with Gasteiger partial charge < -0.3 is 10.4 Å². The van der Waals surface area contributed by atoms with E-state index in [1.54, 1.807) is 0 Å². The number of carboxylic acids is 1. The molecule has 1 saturated heterocycles. The number of hydrogen-bond acceptors (Lipinski definition) is 2. The molecule has 0 aromatic heterocycles. The van der Waals surface area contributed by atoms with Crippen molar-refractivity contribution < 1.29 is 27.5 Å². The van der Waals surface area contributed by atoms with Crippen LogP contribution in [0.4, 0.5) is 17.6 Å². The zero-order valence-corrected chi connectivity index (χ0v) is 7.01. The quantitative estimate of drug-likeness (QED) is 0.685. The van der Waals surface area contributed by atoms with E-state index in [4.69, 9.17) is 5.11 Å². The number of nitrogens with one attached hydrogen (secondary N) is 1. The van der Waals surface area contributed by atoms with E-state index < -0.39 is 36.7 Å². The second kappa shape index (κ2) is 3.72. The highest BCUT2D eigenvalue weighted by atomic mass is 19.3. The molecular weight excluding hydrogens is 206 g/mol. The number of carbonyl (C=O) groups is 1. The summed E-state index contributed by atoms with van der Waals surface area (Å²) in [6, 6.07) is 0. The van der Waals surface area contributed by atoms with Gasteiger partial charge in [0.25, 0.3) is 0 Å². The van der Waals surface area contributed by atoms with Crippen molar-refractivity contribution in [3.63, 3.8) is 0 Å². The largest absolute Gasteiger partial charge is 0.481 e. The molecule has 0 radical (unpaired) electrons. The lowest BCUT2D eigenvalue weighted by Gasteiger charge is -2.24. The van der Waals surface area contributed by atoms with Crippen LogP contribution in [0, 0.1) is 11.8 Å². The van der Waals surface area contributed by atoms with Crippen LogP contribution in [0.5, 0.6) is 0 Å². The standard InChI is InChI=1S/C7H9F4NO2/c8-6(9)7(10,11)4-2-12-1-3(4)5(13)14/h3-4,6,12H,1-2H2,(H,13,14). The van der Waals surface area contributed by atoms with Crippen LogP contribution in [0.1, 0.15) is 0 Å². The maximum atomic E-state index is 12.8. The molecule has 2 unspecified atom stereocenters. The van der Waals surface area contributed by atoms with Gasteiger partial charge in [-0.15, -0.1) is 0 Å². The van der Waals surface area contributed by atoms with Gasteiger partial charge in [0.2, 0.25) is 0 Å². The zero-order valence-electron chi connectivity index (χ0n) is 7.01. The molecule has 2 N–H and O–H groups in total. The Morgan fingerprint density at radius 3 is 2.43 bits per heavy atom. The van der Waals surface area contributed by atoms with Crippen LogP contribution >= 0.6 is 0 Å². The van der Waals surface area contributed by atoms with E-state index in [-0.39, 0.29) is 6.54 Å². The van der Waals surface area contributed by atoms with E-state index >= 15 is 0 Å². The van der Waals surface area contributed by atoms with Gasteiger partial charge in [0, 0.05) is 13.1 Å². The number of hydrogen-bond donors (Lipinski definition) is 2. The molecular formula is C7H9F4NO2. The fourth-order valence-electron chi connectivity index (χ4n) is 1.50. The summed E-state index contributed by atoms with van der Waals surface area (Å²) in [6.45, 7) is -0.587. The maximum Gasteiger partial charge on any atom is 0.312 e. The Hall–Kier alpha value is -0.850. The van der Waals surface area contributed by atoms with Gasteiger partial charge in [-0.1, -0.05) is 0 Å².